The van der Waals surface area contributed by atoms with Gasteiger partial charge in [0.1, 0.15) is 5.69 Å². The van der Waals surface area contributed by atoms with E-state index in [1.165, 1.54) is 18.0 Å². The molecule has 11 heteroatoms. The number of nitrogens with one attached hydrogen (secondary N) is 2. The molecule has 0 radical (unpaired) electrons. The largest absolute Gasteiger partial charge is 0.492 e. The predicted octanol–water partition coefficient (Wildman–Crippen LogP) is 1.36. The first-order valence-corrected chi connectivity index (χ1v) is 8.04. The third-order valence-electron chi connectivity index (χ3n) is 3.55. The van der Waals surface area contributed by atoms with E-state index in [0.717, 1.165) is 0 Å². The first-order valence-electron chi connectivity index (χ1n) is 9.16. The number of hydrogen-bond donors (Lipinski definition) is 2. The van der Waals surface area contributed by atoms with Crippen molar-refractivity contribution in [2.24, 2.45) is 7.05 Å². The molecule has 0 atom stereocenters. The third-order valence-corrected chi connectivity index (χ3v) is 3.73. The van der Waals surface area contributed by atoms with Crippen molar-refractivity contribution in [3.05, 3.63) is 35.4 Å². The van der Waals surface area contributed by atoms with Crippen molar-refractivity contribution >= 4 is 29.0 Å². The maximum atomic E-state index is 12.0. The minimum atomic E-state index is -2.61. The van der Waals surface area contributed by atoms with Crippen LogP contribution in [0.25, 0.3) is 11.3 Å². The zero-order valence-electron chi connectivity index (χ0n) is 17.4. The Hall–Kier alpha value is -3.27. The first kappa shape index (κ1) is 14.9. The summed E-state index contributed by atoms with van der Waals surface area (Å²) in [6.07, 6.45) is 2.79. The highest BCUT2D eigenvalue weighted by molar-refractivity contribution is 6.29. The van der Waals surface area contributed by atoms with E-state index in [-0.39, 0.29) is 17.3 Å². The highest BCUT2D eigenvalue weighted by Crippen LogP contribution is 2.35. The number of halogens is 1. The van der Waals surface area contributed by atoms with Crippen LogP contribution in [0.2, 0.25) is 5.15 Å². The second-order valence-electron chi connectivity index (χ2n) is 5.34. The van der Waals surface area contributed by atoms with E-state index < -0.39 is 12.9 Å². The number of anilines is 2. The van der Waals surface area contributed by atoms with Crippen molar-refractivity contribution in [1.29, 1.82) is 0 Å². The van der Waals surface area contributed by atoms with E-state index in [1.807, 2.05) is 5.32 Å². The fourth-order valence-electron chi connectivity index (χ4n) is 2.37. The van der Waals surface area contributed by atoms with Crippen molar-refractivity contribution < 1.29 is 13.6 Å². The quantitative estimate of drug-likeness (QED) is 0.646. The molecule has 0 aliphatic heterocycles. The van der Waals surface area contributed by atoms with E-state index in [1.54, 1.807) is 25.5 Å². The zero-order valence-corrected chi connectivity index (χ0v) is 15.2. The third kappa shape index (κ3) is 4.11. The van der Waals surface area contributed by atoms with Crippen LogP contribution in [0.4, 0.5) is 11.5 Å². The minimum Gasteiger partial charge on any atom is -0.492 e. The van der Waals surface area contributed by atoms with Crippen LogP contribution in [0.5, 0.6) is 5.75 Å². The fourth-order valence-corrected chi connectivity index (χ4v) is 2.52. The number of rotatable bonds is 6. The minimum absolute atomic E-state index is 0.0709. The second kappa shape index (κ2) is 7.96. The molecule has 0 fully saturated rings. The van der Waals surface area contributed by atoms with Gasteiger partial charge in [0.25, 0.3) is 0 Å². The second-order valence-corrected chi connectivity index (χ2v) is 5.72. The molecule has 3 aromatic rings. The smallest absolute Gasteiger partial charge is 0.225 e. The van der Waals surface area contributed by atoms with Gasteiger partial charge in [0.05, 0.1) is 36.7 Å². The highest BCUT2D eigenvalue weighted by Gasteiger charge is 2.17. The topological polar surface area (TPSA) is 120 Å². The first-order chi connectivity index (χ1) is 14.2. The number of ether oxygens (including phenoxy) is 1. The number of aryl methyl sites for hydroxylation is 1. The highest BCUT2D eigenvalue weighted by atomic mass is 35.5. The summed E-state index contributed by atoms with van der Waals surface area (Å²) in [5.41, 5.74) is 1.70. The van der Waals surface area contributed by atoms with Crippen LogP contribution in [0.15, 0.2) is 24.5 Å². The molecule has 0 saturated carbocycles. The molecular weight excluding hydrogens is 372 g/mol. The SMILES string of the molecule is [2H]C([2H])([2H])NC(=O)Cc1nnc(Cl)cc1Nc1nccc(-c2cnn(C)n2)c1OC. The van der Waals surface area contributed by atoms with E-state index in [0.29, 0.717) is 28.5 Å². The van der Waals surface area contributed by atoms with Crippen molar-refractivity contribution in [3.63, 3.8) is 0 Å². The Balaban J connectivity index is 1.94. The van der Waals surface area contributed by atoms with Gasteiger partial charge in [0, 0.05) is 30.4 Å². The summed E-state index contributed by atoms with van der Waals surface area (Å²) in [7, 11) is 3.17. The fraction of sp³-hybridized carbons (Fsp3) is 0.250. The molecule has 0 saturated heterocycles. The molecular formula is C16H17ClN8O2. The lowest BCUT2D eigenvalue weighted by Gasteiger charge is -2.14. The van der Waals surface area contributed by atoms with Crippen LogP contribution in [0.1, 0.15) is 9.81 Å². The van der Waals surface area contributed by atoms with Gasteiger partial charge in [-0.25, -0.2) is 4.98 Å². The molecule has 3 rings (SSSR count). The number of amides is 1. The molecule has 10 nitrogen and oxygen atoms in total. The Kier molecular flexibility index (Phi) is 4.38. The number of carbonyl (C=O) groups excluding carboxylic acids is 1. The Labute approximate surface area is 164 Å². The lowest BCUT2D eigenvalue weighted by molar-refractivity contribution is -0.120. The molecule has 27 heavy (non-hydrogen) atoms. The zero-order chi connectivity index (χ0) is 21.9. The molecule has 140 valence electrons. The van der Waals surface area contributed by atoms with Crippen LogP contribution in [-0.2, 0) is 18.3 Å². The van der Waals surface area contributed by atoms with E-state index in [9.17, 15) is 4.79 Å². The van der Waals surface area contributed by atoms with Crippen LogP contribution in [-0.4, -0.2) is 50.2 Å². The lowest BCUT2D eigenvalue weighted by atomic mass is 10.1. The summed E-state index contributed by atoms with van der Waals surface area (Å²) in [5, 5.41) is 20.9. The summed E-state index contributed by atoms with van der Waals surface area (Å²) < 4.78 is 26.9. The van der Waals surface area contributed by atoms with Gasteiger partial charge >= 0.3 is 0 Å². The molecule has 0 bridgehead atoms. The van der Waals surface area contributed by atoms with Gasteiger partial charge in [-0.3, -0.25) is 4.79 Å². The van der Waals surface area contributed by atoms with Gasteiger partial charge in [-0.1, -0.05) is 11.6 Å². The van der Waals surface area contributed by atoms with Gasteiger partial charge in [0.15, 0.2) is 16.7 Å². The Morgan fingerprint density at radius 1 is 1.44 bits per heavy atom. The molecule has 0 unspecified atom stereocenters. The van der Waals surface area contributed by atoms with Crippen LogP contribution in [0.3, 0.4) is 0 Å². The molecule has 0 aliphatic rings. The summed E-state index contributed by atoms with van der Waals surface area (Å²) in [5.74, 6) is -0.0612. The summed E-state index contributed by atoms with van der Waals surface area (Å²) >= 11 is 5.95. The van der Waals surface area contributed by atoms with Gasteiger partial charge in [0.2, 0.25) is 5.91 Å². The van der Waals surface area contributed by atoms with E-state index >= 15 is 0 Å². The number of hydrogen-bond acceptors (Lipinski definition) is 8. The normalized spacial score (nSPS) is 12.6. The number of nitrogens with zero attached hydrogens (tertiary/aromatic N) is 6. The van der Waals surface area contributed by atoms with E-state index in [4.69, 9.17) is 20.5 Å². The maximum Gasteiger partial charge on any atom is 0.225 e. The van der Waals surface area contributed by atoms with Crippen molar-refractivity contribution in [3.8, 4) is 17.0 Å². The Morgan fingerprint density at radius 3 is 3.00 bits per heavy atom. The summed E-state index contributed by atoms with van der Waals surface area (Å²) in [6, 6.07) is 3.17. The summed E-state index contributed by atoms with van der Waals surface area (Å²) in [6.45, 7) is -2.61. The molecule has 0 aliphatic carbocycles. The predicted molar refractivity (Wildman–Crippen MR) is 98.9 cm³/mol. The number of methoxy groups -OCH3 is 1. The number of likely N-dealkylation sites (N-methyl/N-ethyl adjacent to an activating group) is 1. The molecule has 3 heterocycles. The van der Waals surface area contributed by atoms with Gasteiger partial charge in [-0.15, -0.1) is 5.10 Å². The lowest BCUT2D eigenvalue weighted by Crippen LogP contribution is -2.21. The van der Waals surface area contributed by atoms with Crippen LogP contribution in [0, 0.1) is 0 Å². The van der Waals surface area contributed by atoms with Gasteiger partial charge < -0.3 is 15.4 Å². The number of pyridine rings is 1. The average molecular weight is 392 g/mol. The monoisotopic (exact) mass is 391 g/mol. The van der Waals surface area contributed by atoms with Crippen LogP contribution < -0.4 is 15.4 Å². The molecule has 0 spiro atoms. The van der Waals surface area contributed by atoms with Crippen LogP contribution >= 0.6 is 11.6 Å². The van der Waals surface area contributed by atoms with Crippen molar-refractivity contribution in [2.45, 2.75) is 6.42 Å². The van der Waals surface area contributed by atoms with Crippen molar-refractivity contribution in [2.75, 3.05) is 19.4 Å². The van der Waals surface area contributed by atoms with Gasteiger partial charge in [-0.2, -0.15) is 20.1 Å². The molecule has 0 aromatic carbocycles. The maximum absolute atomic E-state index is 12.0. The molecule has 1 amide bonds. The number of aromatic nitrogens is 6. The van der Waals surface area contributed by atoms with Gasteiger partial charge in [-0.05, 0) is 6.07 Å². The summed E-state index contributed by atoms with van der Waals surface area (Å²) in [4.78, 5) is 17.7. The Morgan fingerprint density at radius 2 is 2.30 bits per heavy atom. The Bertz CT molecular complexity index is 1070. The average Bonchev–Trinajstić information content (AvgIpc) is 3.08. The van der Waals surface area contributed by atoms with Crippen molar-refractivity contribution in [1.82, 2.24) is 35.5 Å². The standard InChI is InChI=1S/C16H17ClN8O2/c1-18-14(26)7-11-10(6-13(17)23-22-11)21-16-15(27-3)9(4-5-19-16)12-8-20-25(2)24-12/h4-6,8H,7H2,1-3H3,(H,18,26)(H,19,21,23)/i1D3. The number of carbonyl (C=O) groups is 1. The molecule has 2 N–H and O–H groups in total. The molecule has 3 aromatic heterocycles. The van der Waals surface area contributed by atoms with E-state index in [2.05, 4.69) is 30.7 Å².